The van der Waals surface area contributed by atoms with Crippen molar-refractivity contribution in [3.05, 3.63) is 64.1 Å². The average Bonchev–Trinajstić information content (AvgIpc) is 3.21. The van der Waals surface area contributed by atoms with Crippen LogP contribution in [0.4, 0.5) is 5.69 Å². The van der Waals surface area contributed by atoms with Crippen molar-refractivity contribution in [2.24, 2.45) is 5.92 Å². The van der Waals surface area contributed by atoms with Crippen molar-refractivity contribution in [2.45, 2.75) is 44.7 Å². The van der Waals surface area contributed by atoms with E-state index in [0.29, 0.717) is 25.1 Å². The fourth-order valence-electron chi connectivity index (χ4n) is 4.02. The molecule has 2 aromatic carbocycles. The summed E-state index contributed by atoms with van der Waals surface area (Å²) < 4.78 is 0.908. The predicted molar refractivity (Wildman–Crippen MR) is 122 cm³/mol. The molecule has 0 aromatic heterocycles. The standard InChI is InChI=1S/C24H26BrN3O3/c25-19-11-9-18(10-12-19)24(31)28-13-3-8-21(28)23(30)26-15-16-4-1-7-20(14-16)27-22(29)17-5-2-6-17/h1,4,7,9-12,14,17,21H,2-3,5-6,8,13,15H2,(H,26,30)(H,27,29). The Bertz CT molecular complexity index is 972. The van der Waals surface area contributed by atoms with E-state index >= 15 is 0 Å². The Kier molecular flexibility index (Phi) is 6.70. The van der Waals surface area contributed by atoms with Gasteiger partial charge < -0.3 is 15.5 Å². The number of nitrogens with one attached hydrogen (secondary N) is 2. The Balaban J connectivity index is 1.34. The van der Waals surface area contributed by atoms with Crippen molar-refractivity contribution in [2.75, 3.05) is 11.9 Å². The Morgan fingerprint density at radius 1 is 0.968 bits per heavy atom. The number of halogens is 1. The van der Waals surface area contributed by atoms with Crippen LogP contribution in [0.3, 0.4) is 0 Å². The van der Waals surface area contributed by atoms with Gasteiger partial charge in [-0.05, 0) is 67.6 Å². The first-order valence-corrected chi connectivity index (χ1v) is 11.5. The van der Waals surface area contributed by atoms with Crippen LogP contribution < -0.4 is 10.6 Å². The highest BCUT2D eigenvalue weighted by Crippen LogP contribution is 2.27. The minimum Gasteiger partial charge on any atom is -0.350 e. The molecule has 1 aliphatic heterocycles. The lowest BCUT2D eigenvalue weighted by Crippen LogP contribution is -2.45. The van der Waals surface area contributed by atoms with Gasteiger partial charge in [0.1, 0.15) is 6.04 Å². The lowest BCUT2D eigenvalue weighted by atomic mass is 9.85. The number of carbonyl (C=O) groups is 3. The van der Waals surface area contributed by atoms with Crippen LogP contribution in [0.2, 0.25) is 0 Å². The highest BCUT2D eigenvalue weighted by atomic mass is 79.9. The molecule has 2 aliphatic rings. The van der Waals surface area contributed by atoms with E-state index in [4.69, 9.17) is 0 Å². The van der Waals surface area contributed by atoms with Crippen LogP contribution in [0.5, 0.6) is 0 Å². The fourth-order valence-corrected chi connectivity index (χ4v) is 4.29. The lowest BCUT2D eigenvalue weighted by Gasteiger charge is -2.24. The third kappa shape index (κ3) is 5.15. The van der Waals surface area contributed by atoms with E-state index in [-0.39, 0.29) is 23.6 Å². The maximum absolute atomic E-state index is 12.9. The van der Waals surface area contributed by atoms with Gasteiger partial charge in [-0.1, -0.05) is 34.5 Å². The lowest BCUT2D eigenvalue weighted by molar-refractivity contribution is -0.125. The van der Waals surface area contributed by atoms with Gasteiger partial charge in [-0.25, -0.2) is 0 Å². The number of rotatable bonds is 6. The average molecular weight is 484 g/mol. The van der Waals surface area contributed by atoms with Gasteiger partial charge in [-0.2, -0.15) is 0 Å². The van der Waals surface area contributed by atoms with Crippen LogP contribution in [0.1, 0.15) is 48.0 Å². The van der Waals surface area contributed by atoms with Gasteiger partial charge in [-0.15, -0.1) is 0 Å². The summed E-state index contributed by atoms with van der Waals surface area (Å²) in [5.74, 6) is -0.0711. The molecule has 1 unspecified atom stereocenters. The number of benzene rings is 2. The minimum absolute atomic E-state index is 0.0699. The van der Waals surface area contributed by atoms with Crippen molar-refractivity contribution in [1.82, 2.24) is 10.2 Å². The SMILES string of the molecule is O=C(Nc1cccc(CNC(=O)C2CCCN2C(=O)c2ccc(Br)cc2)c1)C1CCC1. The molecule has 162 valence electrons. The number of anilines is 1. The smallest absolute Gasteiger partial charge is 0.254 e. The molecule has 2 N–H and O–H groups in total. The summed E-state index contributed by atoms with van der Waals surface area (Å²) >= 11 is 3.38. The second kappa shape index (κ2) is 9.64. The molecule has 1 saturated heterocycles. The number of hydrogen-bond donors (Lipinski definition) is 2. The molecule has 3 amide bonds. The number of likely N-dealkylation sites (tertiary alicyclic amines) is 1. The van der Waals surface area contributed by atoms with E-state index in [1.54, 1.807) is 17.0 Å². The highest BCUT2D eigenvalue weighted by Gasteiger charge is 2.34. The van der Waals surface area contributed by atoms with Gasteiger partial charge in [0.05, 0.1) is 0 Å². The van der Waals surface area contributed by atoms with Crippen molar-refractivity contribution in [1.29, 1.82) is 0 Å². The molecule has 4 rings (SSSR count). The molecule has 0 spiro atoms. The van der Waals surface area contributed by atoms with E-state index in [1.807, 2.05) is 36.4 Å². The quantitative estimate of drug-likeness (QED) is 0.648. The Morgan fingerprint density at radius 2 is 1.74 bits per heavy atom. The first-order valence-electron chi connectivity index (χ1n) is 10.8. The molecule has 31 heavy (non-hydrogen) atoms. The zero-order valence-corrected chi connectivity index (χ0v) is 18.9. The summed E-state index contributed by atoms with van der Waals surface area (Å²) in [4.78, 5) is 39.5. The van der Waals surface area contributed by atoms with Gasteiger partial charge >= 0.3 is 0 Å². The molecule has 7 heteroatoms. The van der Waals surface area contributed by atoms with E-state index < -0.39 is 6.04 Å². The van der Waals surface area contributed by atoms with Crippen molar-refractivity contribution in [3.63, 3.8) is 0 Å². The third-order valence-corrected chi connectivity index (χ3v) is 6.57. The molecule has 1 heterocycles. The van der Waals surface area contributed by atoms with Gasteiger partial charge in [-0.3, -0.25) is 14.4 Å². The fraction of sp³-hybridized carbons (Fsp3) is 0.375. The van der Waals surface area contributed by atoms with Crippen LogP contribution in [0, 0.1) is 5.92 Å². The van der Waals surface area contributed by atoms with Gasteiger partial charge in [0.15, 0.2) is 0 Å². The maximum atomic E-state index is 12.9. The van der Waals surface area contributed by atoms with Crippen LogP contribution in [0.25, 0.3) is 0 Å². The molecule has 0 radical (unpaired) electrons. The molecule has 2 fully saturated rings. The molecule has 6 nitrogen and oxygen atoms in total. The summed E-state index contributed by atoms with van der Waals surface area (Å²) in [6.45, 7) is 0.929. The number of carbonyl (C=O) groups excluding carboxylic acids is 3. The van der Waals surface area contributed by atoms with Crippen molar-refractivity contribution < 1.29 is 14.4 Å². The molecular formula is C24H26BrN3O3. The van der Waals surface area contributed by atoms with Crippen LogP contribution in [-0.4, -0.2) is 35.2 Å². The van der Waals surface area contributed by atoms with Gasteiger partial charge in [0, 0.05) is 34.7 Å². The number of hydrogen-bond acceptors (Lipinski definition) is 3. The van der Waals surface area contributed by atoms with Crippen molar-refractivity contribution >= 4 is 39.3 Å². The van der Waals surface area contributed by atoms with Crippen LogP contribution in [0.15, 0.2) is 53.0 Å². The number of nitrogens with zero attached hydrogens (tertiary/aromatic N) is 1. The van der Waals surface area contributed by atoms with E-state index in [2.05, 4.69) is 26.6 Å². The molecule has 0 bridgehead atoms. The van der Waals surface area contributed by atoms with Gasteiger partial charge in [0.25, 0.3) is 5.91 Å². The predicted octanol–water partition coefficient (Wildman–Crippen LogP) is 4.11. The third-order valence-electron chi connectivity index (χ3n) is 6.04. The first kappa shape index (κ1) is 21.6. The van der Waals surface area contributed by atoms with Gasteiger partial charge in [0.2, 0.25) is 11.8 Å². The first-order chi connectivity index (χ1) is 15.0. The Labute approximate surface area is 190 Å². The summed E-state index contributed by atoms with van der Waals surface area (Å²) in [6, 6.07) is 14.3. The van der Waals surface area contributed by atoms with Crippen molar-refractivity contribution in [3.8, 4) is 0 Å². The normalized spacial score (nSPS) is 18.4. The molecule has 2 aromatic rings. The summed E-state index contributed by atoms with van der Waals surface area (Å²) in [7, 11) is 0. The Morgan fingerprint density at radius 3 is 2.45 bits per heavy atom. The largest absolute Gasteiger partial charge is 0.350 e. The topological polar surface area (TPSA) is 78.5 Å². The molecule has 1 aliphatic carbocycles. The van der Waals surface area contributed by atoms with E-state index in [9.17, 15) is 14.4 Å². The summed E-state index contributed by atoms with van der Waals surface area (Å²) in [6.07, 6.45) is 4.50. The van der Waals surface area contributed by atoms with Crippen LogP contribution in [-0.2, 0) is 16.1 Å². The van der Waals surface area contributed by atoms with Crippen LogP contribution >= 0.6 is 15.9 Å². The summed E-state index contributed by atoms with van der Waals surface area (Å²) in [5.41, 5.74) is 2.23. The van der Waals surface area contributed by atoms with E-state index in [0.717, 1.165) is 41.4 Å². The molecular weight excluding hydrogens is 458 g/mol. The zero-order chi connectivity index (χ0) is 21.8. The molecule has 1 saturated carbocycles. The summed E-state index contributed by atoms with van der Waals surface area (Å²) in [5, 5.41) is 5.92. The van der Waals surface area contributed by atoms with E-state index in [1.165, 1.54) is 0 Å². The zero-order valence-electron chi connectivity index (χ0n) is 17.3. The molecule has 1 atom stereocenters. The second-order valence-corrected chi connectivity index (χ2v) is 9.11. The highest BCUT2D eigenvalue weighted by molar-refractivity contribution is 9.10. The maximum Gasteiger partial charge on any atom is 0.254 e. The monoisotopic (exact) mass is 483 g/mol. The minimum atomic E-state index is -0.461. The second-order valence-electron chi connectivity index (χ2n) is 8.20. The number of amides is 3. The Hall–Kier alpha value is -2.67.